The molecule has 1 rings (SSSR count). The van der Waals surface area contributed by atoms with Crippen LogP contribution in [0.2, 0.25) is 0 Å². The first-order chi connectivity index (χ1) is 8.26. The maximum Gasteiger partial charge on any atom is 0.405 e. The van der Waals surface area contributed by atoms with Gasteiger partial charge < -0.3 is 10.1 Å². The second-order valence-electron chi connectivity index (χ2n) is 4.00. The number of rotatable bonds is 4. The third kappa shape index (κ3) is 5.56. The minimum absolute atomic E-state index is 0.432. The summed E-state index contributed by atoms with van der Waals surface area (Å²) in [5, 5.41) is 1.73. The maximum atomic E-state index is 11.8. The quantitative estimate of drug-likeness (QED) is 0.903. The molecule has 0 aliphatic heterocycles. The van der Waals surface area contributed by atoms with E-state index in [1.54, 1.807) is 17.4 Å². The van der Waals surface area contributed by atoms with Gasteiger partial charge in [-0.3, -0.25) is 4.79 Å². The second kappa shape index (κ2) is 5.75. The number of carbonyl (C=O) groups excluding carboxylic acids is 1. The van der Waals surface area contributed by atoms with E-state index in [9.17, 15) is 18.0 Å². The van der Waals surface area contributed by atoms with Gasteiger partial charge in [0.15, 0.2) is 6.61 Å². The molecule has 0 spiro atoms. The number of nitrogens with one attached hydrogen (secondary N) is 1. The Balaban J connectivity index is 2.43. The topological polar surface area (TPSA) is 38.3 Å². The van der Waals surface area contributed by atoms with Crippen molar-refractivity contribution < 1.29 is 22.7 Å². The van der Waals surface area contributed by atoms with E-state index in [0.29, 0.717) is 5.75 Å². The molecule has 0 saturated heterocycles. The van der Waals surface area contributed by atoms with Gasteiger partial charge in [0.2, 0.25) is 0 Å². The van der Waals surface area contributed by atoms with Crippen LogP contribution in [-0.2, 0) is 4.79 Å². The summed E-state index contributed by atoms with van der Waals surface area (Å²) in [5.74, 6) is -0.332. The van der Waals surface area contributed by atoms with Gasteiger partial charge in [-0.2, -0.15) is 13.2 Å². The van der Waals surface area contributed by atoms with E-state index in [4.69, 9.17) is 4.74 Å². The predicted octanol–water partition coefficient (Wildman–Crippen LogP) is 2.36. The Morgan fingerprint density at radius 1 is 1.22 bits per heavy atom. The van der Waals surface area contributed by atoms with Crippen LogP contribution in [0, 0.1) is 13.8 Å². The summed E-state index contributed by atoms with van der Waals surface area (Å²) in [6.45, 7) is 1.95. The molecule has 0 aliphatic carbocycles. The van der Waals surface area contributed by atoms with Crippen molar-refractivity contribution in [2.24, 2.45) is 0 Å². The van der Waals surface area contributed by atoms with Crippen molar-refractivity contribution in [2.45, 2.75) is 20.0 Å². The van der Waals surface area contributed by atoms with E-state index in [-0.39, 0.29) is 0 Å². The number of halogens is 3. The van der Waals surface area contributed by atoms with Crippen LogP contribution >= 0.6 is 0 Å². The summed E-state index contributed by atoms with van der Waals surface area (Å²) in [7, 11) is 0. The molecule has 100 valence electrons. The number of hydrogen-bond donors (Lipinski definition) is 1. The lowest BCUT2D eigenvalue weighted by atomic mass is 10.1. The minimum Gasteiger partial charge on any atom is -0.484 e. The highest BCUT2D eigenvalue weighted by atomic mass is 19.4. The van der Waals surface area contributed by atoms with Crippen molar-refractivity contribution in [3.63, 3.8) is 0 Å². The Labute approximate surface area is 103 Å². The highest BCUT2D eigenvalue weighted by molar-refractivity contribution is 5.77. The van der Waals surface area contributed by atoms with Crippen LogP contribution in [0.25, 0.3) is 0 Å². The van der Waals surface area contributed by atoms with Crippen LogP contribution in [0.4, 0.5) is 13.2 Å². The van der Waals surface area contributed by atoms with Crippen molar-refractivity contribution in [2.75, 3.05) is 13.2 Å². The van der Waals surface area contributed by atoms with Crippen LogP contribution in [-0.4, -0.2) is 25.2 Å². The smallest absolute Gasteiger partial charge is 0.405 e. The van der Waals surface area contributed by atoms with Gasteiger partial charge in [-0.05, 0) is 37.1 Å². The first kappa shape index (κ1) is 14.3. The van der Waals surface area contributed by atoms with Crippen LogP contribution in [0.15, 0.2) is 18.2 Å². The molecule has 1 aromatic rings. The third-order valence-electron chi connectivity index (χ3n) is 2.05. The van der Waals surface area contributed by atoms with Crippen molar-refractivity contribution in [1.29, 1.82) is 0 Å². The van der Waals surface area contributed by atoms with Gasteiger partial charge >= 0.3 is 6.18 Å². The van der Waals surface area contributed by atoms with Crippen molar-refractivity contribution >= 4 is 5.91 Å². The molecule has 0 aliphatic rings. The highest BCUT2D eigenvalue weighted by Gasteiger charge is 2.27. The molecular formula is C12H14F3NO2. The number of hydrogen-bond acceptors (Lipinski definition) is 2. The lowest BCUT2D eigenvalue weighted by Gasteiger charge is -2.10. The molecule has 0 saturated carbocycles. The molecule has 0 bridgehead atoms. The standard InChI is InChI=1S/C12H14F3NO2/c1-8-3-9(2)5-10(4-8)18-6-11(17)16-7-12(13,14)15/h3-5H,6-7H2,1-2H3,(H,16,17). The first-order valence-electron chi connectivity index (χ1n) is 5.31. The van der Waals surface area contributed by atoms with Crippen LogP contribution in [0.5, 0.6) is 5.75 Å². The average Bonchev–Trinajstić information content (AvgIpc) is 2.21. The van der Waals surface area contributed by atoms with E-state index in [2.05, 4.69) is 0 Å². The van der Waals surface area contributed by atoms with Crippen molar-refractivity contribution in [3.8, 4) is 5.75 Å². The molecule has 6 heteroatoms. The lowest BCUT2D eigenvalue weighted by molar-refractivity contribution is -0.139. The minimum atomic E-state index is -4.41. The number of alkyl halides is 3. The molecule has 1 amide bonds. The van der Waals surface area contributed by atoms with Gasteiger partial charge in [0.1, 0.15) is 12.3 Å². The second-order valence-corrected chi connectivity index (χ2v) is 4.00. The zero-order valence-electron chi connectivity index (χ0n) is 10.1. The number of aryl methyl sites for hydroxylation is 2. The Hall–Kier alpha value is -1.72. The highest BCUT2D eigenvalue weighted by Crippen LogP contribution is 2.16. The molecule has 3 nitrogen and oxygen atoms in total. The lowest BCUT2D eigenvalue weighted by Crippen LogP contribution is -2.36. The van der Waals surface area contributed by atoms with Crippen LogP contribution < -0.4 is 10.1 Å². The van der Waals surface area contributed by atoms with Crippen molar-refractivity contribution in [3.05, 3.63) is 29.3 Å². The van der Waals surface area contributed by atoms with E-state index in [1.165, 1.54) is 0 Å². The molecule has 0 aromatic heterocycles. The van der Waals surface area contributed by atoms with E-state index >= 15 is 0 Å². The Bertz CT molecular complexity index is 410. The van der Waals surface area contributed by atoms with Gasteiger partial charge in [0, 0.05) is 0 Å². The SMILES string of the molecule is Cc1cc(C)cc(OCC(=O)NCC(F)(F)F)c1. The number of ether oxygens (including phenoxy) is 1. The molecule has 0 heterocycles. The van der Waals surface area contributed by atoms with Crippen molar-refractivity contribution in [1.82, 2.24) is 5.32 Å². The summed E-state index contributed by atoms with van der Waals surface area (Å²) in [4.78, 5) is 11.1. The fourth-order valence-corrected chi connectivity index (χ4v) is 1.41. The summed E-state index contributed by atoms with van der Waals surface area (Å²) in [6.07, 6.45) is -4.41. The third-order valence-corrected chi connectivity index (χ3v) is 2.05. The molecule has 1 aromatic carbocycles. The molecule has 18 heavy (non-hydrogen) atoms. The normalized spacial score (nSPS) is 11.2. The summed E-state index contributed by atoms with van der Waals surface area (Å²) in [6, 6.07) is 5.35. The molecule has 1 N–H and O–H groups in total. The van der Waals surface area contributed by atoms with E-state index < -0.39 is 25.2 Å². The summed E-state index contributed by atoms with van der Waals surface area (Å²) < 4.78 is 40.6. The summed E-state index contributed by atoms with van der Waals surface area (Å²) >= 11 is 0. The van der Waals surface area contributed by atoms with Gasteiger partial charge in [-0.15, -0.1) is 0 Å². The predicted molar refractivity (Wildman–Crippen MR) is 60.5 cm³/mol. The molecular weight excluding hydrogens is 247 g/mol. The average molecular weight is 261 g/mol. The number of benzene rings is 1. The van der Waals surface area contributed by atoms with E-state index in [1.807, 2.05) is 19.9 Å². The summed E-state index contributed by atoms with van der Waals surface area (Å²) in [5.41, 5.74) is 1.92. The van der Waals surface area contributed by atoms with Crippen LogP contribution in [0.1, 0.15) is 11.1 Å². The Kier molecular flexibility index (Phi) is 4.58. The first-order valence-corrected chi connectivity index (χ1v) is 5.31. The van der Waals surface area contributed by atoms with E-state index in [0.717, 1.165) is 11.1 Å². The number of amides is 1. The monoisotopic (exact) mass is 261 g/mol. The Morgan fingerprint density at radius 2 is 1.78 bits per heavy atom. The largest absolute Gasteiger partial charge is 0.484 e. The van der Waals surface area contributed by atoms with Gasteiger partial charge in [-0.1, -0.05) is 6.07 Å². The fraction of sp³-hybridized carbons (Fsp3) is 0.417. The van der Waals surface area contributed by atoms with Crippen LogP contribution in [0.3, 0.4) is 0 Å². The van der Waals surface area contributed by atoms with Gasteiger partial charge in [0.25, 0.3) is 5.91 Å². The molecule has 0 radical (unpaired) electrons. The molecule has 0 fully saturated rings. The van der Waals surface area contributed by atoms with Gasteiger partial charge in [-0.25, -0.2) is 0 Å². The zero-order valence-corrected chi connectivity index (χ0v) is 10.1. The van der Waals surface area contributed by atoms with Gasteiger partial charge in [0.05, 0.1) is 0 Å². The molecule has 0 atom stereocenters. The zero-order chi connectivity index (χ0) is 13.8. The molecule has 0 unspecified atom stereocenters. The number of carbonyl (C=O) groups is 1. The Morgan fingerprint density at radius 3 is 2.28 bits per heavy atom. The fourth-order valence-electron chi connectivity index (χ4n) is 1.41. The maximum absolute atomic E-state index is 11.8.